The first-order valence-electron chi connectivity index (χ1n) is 5.88. The van der Waals surface area contributed by atoms with E-state index in [0.717, 1.165) is 0 Å². The summed E-state index contributed by atoms with van der Waals surface area (Å²) in [5.41, 5.74) is 0.387. The molecule has 0 spiro atoms. The average molecular weight is 314 g/mol. The van der Waals surface area contributed by atoms with Crippen molar-refractivity contribution in [2.75, 3.05) is 19.0 Å². The van der Waals surface area contributed by atoms with E-state index in [1.54, 1.807) is 0 Å². The van der Waals surface area contributed by atoms with Gasteiger partial charge in [0, 0.05) is 18.7 Å². The van der Waals surface area contributed by atoms with Gasteiger partial charge in [-0.15, -0.1) is 24.8 Å². The average Bonchev–Trinajstić information content (AvgIpc) is 2.46. The molecular formula is C14H16ClNO3S. The molecule has 0 unspecified atom stereocenters. The highest BCUT2D eigenvalue weighted by Gasteiger charge is 2.22. The Hall–Kier alpha value is -1.43. The number of alkyl halides is 1. The monoisotopic (exact) mass is 313 g/mol. The highest BCUT2D eigenvalue weighted by molar-refractivity contribution is 7.89. The summed E-state index contributed by atoms with van der Waals surface area (Å²) in [5.74, 6) is -0.379. The van der Waals surface area contributed by atoms with Crippen LogP contribution in [0.15, 0.2) is 54.5 Å². The number of carbonyl (C=O) groups excluding carboxylic acids is 1. The van der Waals surface area contributed by atoms with Crippen LogP contribution in [0, 0.1) is 0 Å². The Balaban J connectivity index is 3.11. The maximum atomic E-state index is 12.4. The van der Waals surface area contributed by atoms with E-state index in [9.17, 15) is 13.2 Å². The number of nitrogens with zero attached hydrogens (tertiary/aromatic N) is 1. The molecule has 0 saturated heterocycles. The maximum absolute atomic E-state index is 12.4. The van der Waals surface area contributed by atoms with Gasteiger partial charge in [0.05, 0.1) is 10.8 Å². The molecule has 0 heterocycles. The van der Waals surface area contributed by atoms with Crippen LogP contribution in [0.1, 0.15) is 10.4 Å². The SMILES string of the molecule is C=CCN(CC=C)S(=O)(=O)c1ccc(C(=O)CCl)cc1. The molecule has 0 aliphatic heterocycles. The van der Waals surface area contributed by atoms with Crippen molar-refractivity contribution in [2.24, 2.45) is 0 Å². The zero-order chi connectivity index (χ0) is 15.2. The van der Waals surface area contributed by atoms with Crippen LogP contribution in [-0.2, 0) is 10.0 Å². The number of sulfonamides is 1. The minimum atomic E-state index is -3.63. The molecule has 0 aliphatic carbocycles. The molecule has 1 rings (SSSR count). The van der Waals surface area contributed by atoms with Crippen molar-refractivity contribution in [2.45, 2.75) is 4.90 Å². The minimum absolute atomic E-state index is 0.118. The van der Waals surface area contributed by atoms with Crippen LogP contribution in [0.4, 0.5) is 0 Å². The number of rotatable bonds is 8. The molecule has 0 fully saturated rings. The lowest BCUT2D eigenvalue weighted by Gasteiger charge is -2.19. The largest absolute Gasteiger partial charge is 0.293 e. The van der Waals surface area contributed by atoms with E-state index in [1.165, 1.54) is 40.7 Å². The lowest BCUT2D eigenvalue weighted by atomic mass is 10.1. The number of halogens is 1. The molecule has 1 aromatic carbocycles. The summed E-state index contributed by atoms with van der Waals surface area (Å²) in [4.78, 5) is 11.5. The molecule has 108 valence electrons. The Kier molecular flexibility index (Phi) is 6.13. The molecule has 0 radical (unpaired) electrons. The summed E-state index contributed by atoms with van der Waals surface area (Å²) in [6.07, 6.45) is 3.01. The second kappa shape index (κ2) is 7.38. The van der Waals surface area contributed by atoms with Gasteiger partial charge in [0.2, 0.25) is 10.0 Å². The number of benzene rings is 1. The number of carbonyl (C=O) groups is 1. The Labute approximate surface area is 124 Å². The summed E-state index contributed by atoms with van der Waals surface area (Å²) < 4.78 is 26.0. The van der Waals surface area contributed by atoms with Crippen LogP contribution in [0.3, 0.4) is 0 Å². The molecule has 0 bridgehead atoms. The Morgan fingerprint density at radius 3 is 2.05 bits per heavy atom. The van der Waals surface area contributed by atoms with E-state index in [2.05, 4.69) is 13.2 Å². The first-order valence-corrected chi connectivity index (χ1v) is 7.86. The van der Waals surface area contributed by atoms with Gasteiger partial charge in [0.15, 0.2) is 5.78 Å². The standard InChI is InChI=1S/C14H16ClNO3S/c1-3-9-16(10-4-2)20(18,19)13-7-5-12(6-8-13)14(17)11-15/h3-8H,1-2,9-11H2. The second-order valence-corrected chi connectivity index (χ2v) is 6.19. The molecular weight excluding hydrogens is 298 g/mol. The van der Waals surface area contributed by atoms with Gasteiger partial charge in [-0.05, 0) is 12.1 Å². The molecule has 6 heteroatoms. The number of hydrogen-bond donors (Lipinski definition) is 0. The first kappa shape index (κ1) is 16.6. The number of Topliss-reactive ketones (excluding diaryl/α,β-unsaturated/α-hetero) is 1. The van der Waals surface area contributed by atoms with E-state index in [4.69, 9.17) is 11.6 Å². The molecule has 20 heavy (non-hydrogen) atoms. The zero-order valence-electron chi connectivity index (χ0n) is 11.0. The van der Waals surface area contributed by atoms with E-state index >= 15 is 0 Å². The number of hydrogen-bond acceptors (Lipinski definition) is 3. The van der Waals surface area contributed by atoms with Crippen molar-refractivity contribution in [3.8, 4) is 0 Å². The molecule has 1 aromatic rings. The summed E-state index contributed by atoms with van der Waals surface area (Å²) in [6, 6.07) is 5.71. The Morgan fingerprint density at radius 2 is 1.65 bits per heavy atom. The van der Waals surface area contributed by atoms with Gasteiger partial charge in [0.1, 0.15) is 0 Å². The van der Waals surface area contributed by atoms with Crippen molar-refractivity contribution in [3.05, 3.63) is 55.1 Å². The predicted molar refractivity (Wildman–Crippen MR) is 80.6 cm³/mol. The first-order chi connectivity index (χ1) is 9.47. The van der Waals surface area contributed by atoms with Crippen LogP contribution in [0.2, 0.25) is 0 Å². The Bertz CT molecular complexity index is 583. The molecule has 0 N–H and O–H groups in total. The van der Waals surface area contributed by atoms with Gasteiger partial charge >= 0.3 is 0 Å². The van der Waals surface area contributed by atoms with Gasteiger partial charge in [-0.2, -0.15) is 4.31 Å². The van der Waals surface area contributed by atoms with Crippen LogP contribution in [-0.4, -0.2) is 37.5 Å². The van der Waals surface area contributed by atoms with Crippen LogP contribution < -0.4 is 0 Å². The fourth-order valence-corrected chi connectivity index (χ4v) is 3.13. The summed E-state index contributed by atoms with van der Waals surface area (Å²) in [5, 5.41) is 0. The molecule has 4 nitrogen and oxygen atoms in total. The van der Waals surface area contributed by atoms with Crippen LogP contribution in [0.5, 0.6) is 0 Å². The lowest BCUT2D eigenvalue weighted by Crippen LogP contribution is -2.31. The van der Waals surface area contributed by atoms with Gasteiger partial charge in [-0.25, -0.2) is 8.42 Å². The molecule has 0 atom stereocenters. The van der Waals surface area contributed by atoms with Gasteiger partial charge in [-0.1, -0.05) is 24.3 Å². The van der Waals surface area contributed by atoms with E-state index in [1.807, 2.05) is 0 Å². The molecule has 0 amide bonds. The molecule has 0 aliphatic rings. The van der Waals surface area contributed by atoms with Crippen LogP contribution >= 0.6 is 11.6 Å². The van der Waals surface area contributed by atoms with Gasteiger partial charge in [0.25, 0.3) is 0 Å². The van der Waals surface area contributed by atoms with Crippen molar-refractivity contribution in [3.63, 3.8) is 0 Å². The van der Waals surface area contributed by atoms with Gasteiger partial charge in [-0.3, -0.25) is 4.79 Å². The van der Waals surface area contributed by atoms with E-state index in [0.29, 0.717) is 5.56 Å². The summed E-state index contributed by atoms with van der Waals surface area (Å²) >= 11 is 5.45. The minimum Gasteiger partial charge on any atom is -0.293 e. The number of ketones is 1. The third kappa shape index (κ3) is 3.79. The quantitative estimate of drug-likeness (QED) is 0.421. The van der Waals surface area contributed by atoms with Crippen LogP contribution in [0.25, 0.3) is 0 Å². The van der Waals surface area contributed by atoms with Gasteiger partial charge < -0.3 is 0 Å². The fourth-order valence-electron chi connectivity index (χ4n) is 1.60. The second-order valence-electron chi connectivity index (χ2n) is 3.98. The third-order valence-electron chi connectivity index (χ3n) is 2.60. The molecule has 0 saturated carbocycles. The lowest BCUT2D eigenvalue weighted by molar-refractivity contribution is 0.102. The third-order valence-corrected chi connectivity index (χ3v) is 4.69. The smallest absolute Gasteiger partial charge is 0.243 e. The normalized spacial score (nSPS) is 11.3. The highest BCUT2D eigenvalue weighted by atomic mass is 35.5. The fraction of sp³-hybridized carbons (Fsp3) is 0.214. The maximum Gasteiger partial charge on any atom is 0.243 e. The van der Waals surface area contributed by atoms with Crippen molar-refractivity contribution < 1.29 is 13.2 Å². The van der Waals surface area contributed by atoms with Crippen molar-refractivity contribution >= 4 is 27.4 Å². The van der Waals surface area contributed by atoms with Crippen molar-refractivity contribution in [1.29, 1.82) is 0 Å². The Morgan fingerprint density at radius 1 is 1.15 bits per heavy atom. The summed E-state index contributed by atoms with van der Waals surface area (Å²) in [6.45, 7) is 7.46. The molecule has 0 aromatic heterocycles. The predicted octanol–water partition coefficient (Wildman–Crippen LogP) is 2.47. The van der Waals surface area contributed by atoms with E-state index in [-0.39, 0.29) is 29.6 Å². The van der Waals surface area contributed by atoms with Crippen molar-refractivity contribution in [1.82, 2.24) is 4.31 Å². The zero-order valence-corrected chi connectivity index (χ0v) is 12.5. The topological polar surface area (TPSA) is 54.5 Å². The highest BCUT2D eigenvalue weighted by Crippen LogP contribution is 2.17. The summed E-state index contributed by atoms with van der Waals surface area (Å²) in [7, 11) is -3.63. The van der Waals surface area contributed by atoms with E-state index < -0.39 is 10.0 Å².